The molecule has 9 heteroatoms. The normalized spacial score (nSPS) is 40.6. The first kappa shape index (κ1) is 22.0. The third-order valence-corrected chi connectivity index (χ3v) is 5.17. The molecule has 2 fully saturated rings. The van der Waals surface area contributed by atoms with E-state index in [4.69, 9.17) is 41.1 Å². The smallest absolute Gasteiger partial charge is 0.114 e. The van der Waals surface area contributed by atoms with Crippen LogP contribution >= 0.6 is 0 Å². The molecule has 0 unspecified atom stereocenters. The maximum atomic E-state index is 6.02. The number of methoxy groups -OCH3 is 4. The van der Waals surface area contributed by atoms with Crippen LogP contribution in [0.1, 0.15) is 6.92 Å². The topological polar surface area (TPSA) is 67.9 Å². The Labute approximate surface area is 157 Å². The largest absolute Gasteiger partial charge is 0.382 e. The van der Waals surface area contributed by atoms with Gasteiger partial charge in [-0.2, -0.15) is 5.06 Å². The molecule has 150 valence electrons. The van der Waals surface area contributed by atoms with Crippen LogP contribution in [0.2, 0.25) is 0 Å². The molecular weight excluding hydrogens is 341 g/mol. The highest BCUT2D eigenvalue weighted by Crippen LogP contribution is 2.29. The molecule has 0 aromatic rings. The van der Waals surface area contributed by atoms with E-state index in [-0.39, 0.29) is 42.5 Å². The van der Waals surface area contributed by atoms with Crippen molar-refractivity contribution in [3.8, 4) is 0 Å². The number of hydroxylamine groups is 2. The first-order valence-electron chi connectivity index (χ1n) is 8.94. The summed E-state index contributed by atoms with van der Waals surface area (Å²) in [5, 5.41) is 1.77. The minimum Gasteiger partial charge on any atom is -0.382 e. The van der Waals surface area contributed by atoms with Crippen LogP contribution in [0.15, 0.2) is 0 Å². The molecule has 0 aromatic heterocycles. The van der Waals surface area contributed by atoms with Gasteiger partial charge in [-0.25, -0.2) is 0 Å². The minimum absolute atomic E-state index is 0.0355. The fourth-order valence-electron chi connectivity index (χ4n) is 3.90. The van der Waals surface area contributed by atoms with E-state index in [9.17, 15) is 0 Å². The van der Waals surface area contributed by atoms with Crippen molar-refractivity contribution in [1.82, 2.24) is 5.06 Å². The van der Waals surface area contributed by atoms with Gasteiger partial charge in [0.2, 0.25) is 0 Å². The van der Waals surface area contributed by atoms with E-state index < -0.39 is 6.00 Å². The molecule has 0 aliphatic carbocycles. The summed E-state index contributed by atoms with van der Waals surface area (Å²) in [6.07, 6.45) is -0.873. The second-order valence-electron chi connectivity index (χ2n) is 6.85. The van der Waals surface area contributed by atoms with Crippen molar-refractivity contribution < 1.29 is 33.3 Å². The highest BCUT2D eigenvalue weighted by atomic mass is 16.7. The van der Waals surface area contributed by atoms with Gasteiger partial charge in [0.1, 0.15) is 26.2 Å². The average Bonchev–Trinajstić information content (AvgIpc) is 3.08. The molecule has 0 bridgehead atoms. The zero-order chi connectivity index (χ0) is 19.3. The van der Waals surface area contributed by atoms with Crippen LogP contribution in [-0.4, -0.2) is 111 Å². The van der Waals surface area contributed by atoms with E-state index in [1.807, 2.05) is 14.0 Å². The Morgan fingerprint density at radius 1 is 0.885 bits per heavy atom. The van der Waals surface area contributed by atoms with Crippen LogP contribution in [0.25, 0.3) is 0 Å². The lowest BCUT2D eigenvalue weighted by molar-refractivity contribution is -0.188. The summed E-state index contributed by atoms with van der Waals surface area (Å²) >= 11 is 0. The number of nitrogens with zero attached hydrogens (tertiary/aromatic N) is 1. The summed E-state index contributed by atoms with van der Waals surface area (Å²) in [4.78, 5) is 5.90. The maximum Gasteiger partial charge on any atom is 0.114 e. The third kappa shape index (κ3) is 4.96. The van der Waals surface area contributed by atoms with Gasteiger partial charge in [0, 0.05) is 54.0 Å². The molecule has 2 aliphatic heterocycles. The van der Waals surface area contributed by atoms with Crippen LogP contribution in [-0.2, 0) is 33.3 Å². The average molecular weight is 373 g/mol. The van der Waals surface area contributed by atoms with Crippen molar-refractivity contribution in [2.75, 3.05) is 55.2 Å². The van der Waals surface area contributed by atoms with Gasteiger partial charge in [-0.15, -0.1) is 0 Å². The first-order valence-corrected chi connectivity index (χ1v) is 8.94. The van der Waals surface area contributed by atoms with Gasteiger partial charge < -0.3 is 28.4 Å². The molecule has 2 aliphatic rings. The SMILES string of the molecule is [B][C@@H]1O[C@H](COC)[C@@H](CN(C)OC[C@H]2O[C@@H](C)[C@H](OC)[C@@H]2OC)[C@H]1OC. The van der Waals surface area contributed by atoms with Crippen molar-refractivity contribution in [2.24, 2.45) is 5.92 Å². The molecular formula is C17H32BNO7. The third-order valence-electron chi connectivity index (χ3n) is 5.17. The van der Waals surface area contributed by atoms with Gasteiger partial charge in [0.25, 0.3) is 0 Å². The predicted octanol–water partition coefficient (Wildman–Crippen LogP) is -0.162. The van der Waals surface area contributed by atoms with Crippen molar-refractivity contribution in [2.45, 2.75) is 49.6 Å². The van der Waals surface area contributed by atoms with Crippen molar-refractivity contribution in [3.63, 3.8) is 0 Å². The van der Waals surface area contributed by atoms with Crippen LogP contribution in [0.4, 0.5) is 0 Å². The predicted molar refractivity (Wildman–Crippen MR) is 95.1 cm³/mol. The van der Waals surface area contributed by atoms with Gasteiger partial charge in [-0.3, -0.25) is 4.84 Å². The summed E-state index contributed by atoms with van der Waals surface area (Å²) in [5.41, 5.74) is 0. The standard InChI is InChI=1S/C17H32BNO7/c1-10-14(21-4)16(23-6)13(25-10)9-24-19(2)7-11-12(8-20-3)26-17(18)15(11)22-5/h10-17H,7-9H2,1-6H3/t10-,11+,12+,13+,14-,15+,16+,17+/m0/s1. The molecule has 8 atom stereocenters. The quantitative estimate of drug-likeness (QED) is 0.387. The summed E-state index contributed by atoms with van der Waals surface area (Å²) in [5.74, 6) is 0.0355. The highest BCUT2D eigenvalue weighted by Gasteiger charge is 2.45. The number of hydrogen-bond donors (Lipinski definition) is 0. The molecule has 0 saturated carbocycles. The monoisotopic (exact) mass is 373 g/mol. The number of rotatable bonds is 10. The van der Waals surface area contributed by atoms with Gasteiger partial charge >= 0.3 is 0 Å². The van der Waals surface area contributed by atoms with Crippen LogP contribution in [0, 0.1) is 5.92 Å². The van der Waals surface area contributed by atoms with Crippen molar-refractivity contribution in [1.29, 1.82) is 0 Å². The lowest BCUT2D eigenvalue weighted by atomic mass is 9.87. The molecule has 0 amide bonds. The minimum atomic E-state index is -0.474. The molecule has 2 radical (unpaired) electrons. The van der Waals surface area contributed by atoms with E-state index in [0.29, 0.717) is 19.8 Å². The zero-order valence-electron chi connectivity index (χ0n) is 16.6. The van der Waals surface area contributed by atoms with Gasteiger partial charge in [0.05, 0.1) is 31.5 Å². The summed E-state index contributed by atoms with van der Waals surface area (Å²) < 4.78 is 33.4. The van der Waals surface area contributed by atoms with Gasteiger partial charge in [-0.1, -0.05) is 0 Å². The Balaban J connectivity index is 1.88. The number of ether oxygens (including phenoxy) is 6. The molecule has 2 rings (SSSR count). The Hall–Kier alpha value is -0.255. The van der Waals surface area contributed by atoms with E-state index in [1.54, 1.807) is 33.5 Å². The fraction of sp³-hybridized carbons (Fsp3) is 1.00. The molecule has 2 heterocycles. The van der Waals surface area contributed by atoms with Crippen LogP contribution in [0.3, 0.4) is 0 Å². The summed E-state index contributed by atoms with van der Waals surface area (Å²) in [6, 6.07) is -0.474. The van der Waals surface area contributed by atoms with E-state index in [1.165, 1.54) is 0 Å². The molecule has 2 saturated heterocycles. The molecule has 26 heavy (non-hydrogen) atoms. The molecule has 8 nitrogen and oxygen atoms in total. The Bertz CT molecular complexity index is 419. The highest BCUT2D eigenvalue weighted by molar-refractivity contribution is 6.11. The number of hydrogen-bond acceptors (Lipinski definition) is 8. The van der Waals surface area contributed by atoms with E-state index in [0.717, 1.165) is 0 Å². The van der Waals surface area contributed by atoms with E-state index >= 15 is 0 Å². The first-order chi connectivity index (χ1) is 12.5. The van der Waals surface area contributed by atoms with E-state index in [2.05, 4.69) is 0 Å². The Morgan fingerprint density at radius 3 is 2.12 bits per heavy atom. The summed E-state index contributed by atoms with van der Waals surface area (Å²) in [6.45, 7) is 3.38. The van der Waals surface area contributed by atoms with Crippen molar-refractivity contribution >= 4 is 7.85 Å². The lowest BCUT2D eigenvalue weighted by Crippen LogP contribution is -2.42. The fourth-order valence-corrected chi connectivity index (χ4v) is 3.90. The lowest BCUT2D eigenvalue weighted by Gasteiger charge is -2.28. The second-order valence-corrected chi connectivity index (χ2v) is 6.85. The maximum absolute atomic E-state index is 6.02. The van der Waals surface area contributed by atoms with Crippen LogP contribution < -0.4 is 0 Å². The van der Waals surface area contributed by atoms with Gasteiger partial charge in [0.15, 0.2) is 0 Å². The zero-order valence-corrected chi connectivity index (χ0v) is 16.6. The molecule has 0 spiro atoms. The Morgan fingerprint density at radius 2 is 1.54 bits per heavy atom. The molecule has 0 aromatic carbocycles. The van der Waals surface area contributed by atoms with Gasteiger partial charge in [-0.05, 0) is 6.92 Å². The summed E-state index contributed by atoms with van der Waals surface area (Å²) in [7, 11) is 14.5. The second kappa shape index (κ2) is 10.3. The van der Waals surface area contributed by atoms with Crippen molar-refractivity contribution in [3.05, 3.63) is 0 Å². The van der Waals surface area contributed by atoms with Crippen LogP contribution in [0.5, 0.6) is 0 Å². The molecule has 0 N–H and O–H groups in total. The Kier molecular flexibility index (Phi) is 8.76.